The molecule has 4 rings (SSSR count). The molecule has 0 N–H and O–H groups in total. The highest BCUT2D eigenvalue weighted by molar-refractivity contribution is 7.98. The van der Waals surface area contributed by atoms with Crippen LogP contribution in [-0.2, 0) is 5.75 Å². The van der Waals surface area contributed by atoms with Crippen LogP contribution >= 0.6 is 23.1 Å². The summed E-state index contributed by atoms with van der Waals surface area (Å²) in [5, 5.41) is 9.46. The minimum atomic E-state index is 0.1000. The lowest BCUT2D eigenvalue weighted by Gasteiger charge is -2.17. The number of aromatic nitrogens is 4. The second-order valence-electron chi connectivity index (χ2n) is 6.47. The van der Waals surface area contributed by atoms with E-state index >= 15 is 0 Å². The van der Waals surface area contributed by atoms with E-state index in [1.165, 1.54) is 24.6 Å². The maximum atomic E-state index is 13.3. The number of thioether (sulfide) groups is 1. The van der Waals surface area contributed by atoms with Crippen LogP contribution in [0.3, 0.4) is 0 Å². The van der Waals surface area contributed by atoms with Gasteiger partial charge in [-0.1, -0.05) is 24.6 Å². The van der Waals surface area contributed by atoms with E-state index in [9.17, 15) is 4.79 Å². The largest absolute Gasteiger partial charge is 0.425 e. The van der Waals surface area contributed by atoms with Crippen LogP contribution in [0.25, 0.3) is 10.2 Å². The lowest BCUT2D eigenvalue weighted by Crippen LogP contribution is -2.26. The first-order valence-corrected chi connectivity index (χ1v) is 10.3. The van der Waals surface area contributed by atoms with Gasteiger partial charge < -0.3 is 4.42 Å². The summed E-state index contributed by atoms with van der Waals surface area (Å²) in [6, 6.07) is 0.246. The normalized spacial score (nSPS) is 15.5. The second-order valence-corrected chi connectivity index (χ2v) is 8.62. The van der Waals surface area contributed by atoms with E-state index in [0.717, 1.165) is 38.7 Å². The summed E-state index contributed by atoms with van der Waals surface area (Å²) in [5.74, 6) is 1.64. The summed E-state index contributed by atoms with van der Waals surface area (Å²) in [6.45, 7) is 5.84. The number of thiophene rings is 1. The van der Waals surface area contributed by atoms with Gasteiger partial charge in [0.15, 0.2) is 5.16 Å². The predicted octanol–water partition coefficient (Wildman–Crippen LogP) is 4.17. The summed E-state index contributed by atoms with van der Waals surface area (Å²) >= 11 is 3.10. The maximum Gasteiger partial charge on any atom is 0.263 e. The minimum absolute atomic E-state index is 0.1000. The third-order valence-corrected chi connectivity index (χ3v) is 6.82. The number of nitrogens with zero attached hydrogens (tertiary/aromatic N) is 4. The molecule has 1 fully saturated rings. The van der Waals surface area contributed by atoms with Crippen molar-refractivity contribution in [3.8, 4) is 0 Å². The predicted molar refractivity (Wildman–Crippen MR) is 99.5 cm³/mol. The lowest BCUT2D eigenvalue weighted by atomic mass is 10.2. The number of fused-ring (bicyclic) bond motifs is 1. The van der Waals surface area contributed by atoms with Gasteiger partial charge in [-0.15, -0.1) is 21.5 Å². The molecular weight excluding hydrogens is 356 g/mol. The van der Waals surface area contributed by atoms with Gasteiger partial charge in [0, 0.05) is 17.8 Å². The van der Waals surface area contributed by atoms with Gasteiger partial charge in [0.05, 0.1) is 11.1 Å². The van der Waals surface area contributed by atoms with Gasteiger partial charge in [0.1, 0.15) is 4.83 Å². The Morgan fingerprint density at radius 3 is 2.68 bits per heavy atom. The molecule has 132 valence electrons. The smallest absolute Gasteiger partial charge is 0.263 e. The van der Waals surface area contributed by atoms with E-state index in [2.05, 4.69) is 17.1 Å². The van der Waals surface area contributed by atoms with Crippen molar-refractivity contribution >= 4 is 33.3 Å². The zero-order valence-corrected chi connectivity index (χ0v) is 16.2. The number of aryl methyl sites for hydroxylation is 3. The highest BCUT2D eigenvalue weighted by Gasteiger charge is 2.25. The number of hydrogen-bond donors (Lipinski definition) is 0. The molecule has 8 heteroatoms. The van der Waals surface area contributed by atoms with Gasteiger partial charge in [0.2, 0.25) is 11.8 Å². The zero-order valence-electron chi connectivity index (χ0n) is 14.5. The van der Waals surface area contributed by atoms with Crippen molar-refractivity contribution < 1.29 is 4.42 Å². The fourth-order valence-corrected chi connectivity index (χ4v) is 5.37. The first kappa shape index (κ1) is 16.8. The topological polar surface area (TPSA) is 73.8 Å². The van der Waals surface area contributed by atoms with Crippen LogP contribution in [0, 0.1) is 20.8 Å². The summed E-state index contributed by atoms with van der Waals surface area (Å²) in [5.41, 5.74) is 1.16. The standard InChI is InChI=1S/C17H20N4O2S2/c1-9-10(2)25-15-14(9)16(22)21(12-6-4-5-7-12)17(18-15)24-8-13-20-19-11(3)23-13/h12H,4-8H2,1-3H3. The molecule has 1 saturated carbocycles. The third-order valence-electron chi connectivity index (χ3n) is 4.79. The van der Waals surface area contributed by atoms with Gasteiger partial charge >= 0.3 is 0 Å². The van der Waals surface area contributed by atoms with Crippen molar-refractivity contribution in [2.24, 2.45) is 0 Å². The Hall–Kier alpha value is -1.67. The van der Waals surface area contributed by atoms with Crippen molar-refractivity contribution in [3.05, 3.63) is 32.6 Å². The average Bonchev–Trinajstić information content (AvgIpc) is 3.28. The van der Waals surface area contributed by atoms with Crippen LogP contribution in [-0.4, -0.2) is 19.7 Å². The van der Waals surface area contributed by atoms with Gasteiger partial charge in [-0.2, -0.15) is 0 Å². The van der Waals surface area contributed by atoms with Crippen LogP contribution in [0.2, 0.25) is 0 Å². The molecule has 0 unspecified atom stereocenters. The summed E-state index contributed by atoms with van der Waals surface area (Å²) in [6.07, 6.45) is 4.43. The quantitative estimate of drug-likeness (QED) is 0.502. The molecule has 25 heavy (non-hydrogen) atoms. The van der Waals surface area contributed by atoms with E-state index in [1.807, 2.05) is 11.5 Å². The Kier molecular flexibility index (Phi) is 4.41. The molecule has 0 amide bonds. The van der Waals surface area contributed by atoms with Crippen molar-refractivity contribution in [1.29, 1.82) is 0 Å². The van der Waals surface area contributed by atoms with Crippen molar-refractivity contribution in [2.75, 3.05) is 0 Å². The molecule has 3 aromatic rings. The Morgan fingerprint density at radius 1 is 1.24 bits per heavy atom. The molecule has 0 atom stereocenters. The van der Waals surface area contributed by atoms with Crippen molar-refractivity contribution in [2.45, 2.75) is 63.4 Å². The summed E-state index contributed by atoms with van der Waals surface area (Å²) in [4.78, 5) is 20.1. The van der Waals surface area contributed by atoms with Crippen molar-refractivity contribution in [3.63, 3.8) is 0 Å². The number of rotatable bonds is 4. The highest BCUT2D eigenvalue weighted by atomic mass is 32.2. The fraction of sp³-hybridized carbons (Fsp3) is 0.529. The number of hydrogen-bond acceptors (Lipinski definition) is 7. The molecule has 0 bridgehead atoms. The third kappa shape index (κ3) is 3.01. The molecule has 1 aliphatic carbocycles. The molecule has 3 aromatic heterocycles. The first-order valence-electron chi connectivity index (χ1n) is 8.48. The van der Waals surface area contributed by atoms with E-state index in [0.29, 0.717) is 17.5 Å². The molecule has 6 nitrogen and oxygen atoms in total. The molecule has 1 aliphatic rings. The highest BCUT2D eigenvalue weighted by Crippen LogP contribution is 2.35. The van der Waals surface area contributed by atoms with E-state index in [4.69, 9.17) is 9.40 Å². The Balaban J connectivity index is 1.80. The molecule has 0 aliphatic heterocycles. The van der Waals surface area contributed by atoms with Crippen LogP contribution < -0.4 is 5.56 Å². The van der Waals surface area contributed by atoms with Crippen molar-refractivity contribution in [1.82, 2.24) is 19.7 Å². The Morgan fingerprint density at radius 2 is 2.00 bits per heavy atom. The lowest BCUT2D eigenvalue weighted by molar-refractivity contribution is 0.456. The molecule has 0 radical (unpaired) electrons. The second kappa shape index (κ2) is 6.57. The van der Waals surface area contributed by atoms with Gasteiger partial charge in [-0.25, -0.2) is 4.98 Å². The maximum absolute atomic E-state index is 13.3. The summed E-state index contributed by atoms with van der Waals surface area (Å²) < 4.78 is 7.37. The molecular formula is C17H20N4O2S2. The minimum Gasteiger partial charge on any atom is -0.425 e. The molecule has 0 saturated heterocycles. The van der Waals surface area contributed by atoms with E-state index in [1.54, 1.807) is 18.3 Å². The average molecular weight is 377 g/mol. The van der Waals surface area contributed by atoms with Gasteiger partial charge in [-0.05, 0) is 32.3 Å². The molecule has 0 spiro atoms. The summed E-state index contributed by atoms with van der Waals surface area (Å²) in [7, 11) is 0. The van der Waals surface area contributed by atoms with E-state index in [-0.39, 0.29) is 11.6 Å². The van der Waals surface area contributed by atoms with Gasteiger partial charge in [-0.3, -0.25) is 9.36 Å². The SMILES string of the molecule is Cc1nnc(CSc2nc3sc(C)c(C)c3c(=O)n2C2CCCC2)o1. The Labute approximate surface area is 153 Å². The zero-order chi connectivity index (χ0) is 17.6. The fourth-order valence-electron chi connectivity index (χ4n) is 3.40. The molecule has 3 heterocycles. The van der Waals surface area contributed by atoms with Crippen LogP contribution in [0.1, 0.15) is 53.9 Å². The Bertz CT molecular complexity index is 983. The van der Waals surface area contributed by atoms with Crippen LogP contribution in [0.4, 0.5) is 0 Å². The van der Waals surface area contributed by atoms with E-state index < -0.39 is 0 Å². The first-order chi connectivity index (χ1) is 12.0. The van der Waals surface area contributed by atoms with Crippen LogP contribution in [0.15, 0.2) is 14.4 Å². The monoisotopic (exact) mass is 376 g/mol. The molecule has 0 aromatic carbocycles. The van der Waals surface area contributed by atoms with Gasteiger partial charge in [0.25, 0.3) is 5.56 Å². The van der Waals surface area contributed by atoms with Crippen LogP contribution in [0.5, 0.6) is 0 Å².